The number of aryl methyl sites for hydroxylation is 1. The number of carbonyl (C=O) groups is 2. The molecule has 150 valence electrons. The summed E-state index contributed by atoms with van der Waals surface area (Å²) in [6.07, 6.45) is 1.83. The van der Waals surface area contributed by atoms with Gasteiger partial charge in [0.1, 0.15) is 5.58 Å². The normalized spacial score (nSPS) is 13.3. The van der Waals surface area contributed by atoms with Gasteiger partial charge in [0.15, 0.2) is 6.61 Å². The van der Waals surface area contributed by atoms with Crippen molar-refractivity contribution in [1.29, 1.82) is 0 Å². The molecular weight excluding hydrogens is 370 g/mol. The van der Waals surface area contributed by atoms with Crippen molar-refractivity contribution in [3.63, 3.8) is 0 Å². The van der Waals surface area contributed by atoms with E-state index in [2.05, 4.69) is 0 Å². The second-order valence-corrected chi connectivity index (χ2v) is 6.90. The SMILES string of the molecule is CCOCc1c(C(=O)OCC(=O)N2CCCc3ccccc32)oc2ccccc12. The predicted octanol–water partition coefficient (Wildman–Crippen LogP) is 4.11. The molecule has 4 rings (SSSR count). The summed E-state index contributed by atoms with van der Waals surface area (Å²) in [7, 11) is 0. The van der Waals surface area contributed by atoms with Crippen LogP contribution >= 0.6 is 0 Å². The standard InChI is InChI=1S/C23H23NO5/c1-2-27-14-18-17-10-4-6-12-20(17)29-22(18)23(26)28-15-21(25)24-13-7-9-16-8-3-5-11-19(16)24/h3-6,8,10-12H,2,7,9,13-15H2,1H3. The number of furan rings is 1. The van der Waals surface area contributed by atoms with E-state index in [0.29, 0.717) is 24.3 Å². The fourth-order valence-electron chi connectivity index (χ4n) is 3.67. The molecule has 0 fully saturated rings. The van der Waals surface area contributed by atoms with Crippen molar-refractivity contribution in [3.8, 4) is 0 Å². The quantitative estimate of drug-likeness (QED) is 0.590. The maximum Gasteiger partial charge on any atom is 0.375 e. The number of hydrogen-bond acceptors (Lipinski definition) is 5. The third-order valence-electron chi connectivity index (χ3n) is 5.07. The Bertz CT molecular complexity index is 1040. The molecule has 1 amide bonds. The lowest BCUT2D eigenvalue weighted by Crippen LogP contribution is -2.38. The molecule has 1 aliphatic rings. The van der Waals surface area contributed by atoms with Gasteiger partial charge in [-0.2, -0.15) is 0 Å². The van der Waals surface area contributed by atoms with E-state index < -0.39 is 5.97 Å². The van der Waals surface area contributed by atoms with E-state index in [0.717, 1.165) is 29.5 Å². The monoisotopic (exact) mass is 393 g/mol. The minimum atomic E-state index is -0.658. The third-order valence-corrected chi connectivity index (χ3v) is 5.07. The van der Waals surface area contributed by atoms with Gasteiger partial charge in [-0.15, -0.1) is 0 Å². The minimum Gasteiger partial charge on any atom is -0.450 e. The highest BCUT2D eigenvalue weighted by Crippen LogP contribution is 2.28. The molecule has 1 aromatic heterocycles. The zero-order valence-corrected chi connectivity index (χ0v) is 16.3. The minimum absolute atomic E-state index is 0.0893. The molecule has 0 unspecified atom stereocenters. The summed E-state index contributed by atoms with van der Waals surface area (Å²) in [6.45, 7) is 2.92. The summed E-state index contributed by atoms with van der Waals surface area (Å²) < 4.78 is 16.5. The highest BCUT2D eigenvalue weighted by molar-refractivity contribution is 5.99. The van der Waals surface area contributed by atoms with Gasteiger partial charge in [-0.05, 0) is 37.5 Å². The van der Waals surface area contributed by atoms with Crippen molar-refractivity contribution in [2.45, 2.75) is 26.4 Å². The van der Waals surface area contributed by atoms with Crippen LogP contribution in [0.25, 0.3) is 11.0 Å². The first-order valence-corrected chi connectivity index (χ1v) is 9.82. The number of amides is 1. The zero-order chi connectivity index (χ0) is 20.2. The van der Waals surface area contributed by atoms with Gasteiger partial charge in [0, 0.05) is 29.8 Å². The lowest BCUT2D eigenvalue weighted by molar-refractivity contribution is -0.121. The Kier molecular flexibility index (Phi) is 5.62. The number of carbonyl (C=O) groups excluding carboxylic acids is 2. The van der Waals surface area contributed by atoms with Gasteiger partial charge >= 0.3 is 5.97 Å². The van der Waals surface area contributed by atoms with E-state index in [1.807, 2.05) is 49.4 Å². The van der Waals surface area contributed by atoms with Crippen LogP contribution in [0, 0.1) is 0 Å². The van der Waals surface area contributed by atoms with Gasteiger partial charge in [0.25, 0.3) is 5.91 Å². The van der Waals surface area contributed by atoms with Crippen LogP contribution in [-0.4, -0.2) is 31.6 Å². The molecule has 0 saturated carbocycles. The Morgan fingerprint density at radius 1 is 1.10 bits per heavy atom. The summed E-state index contributed by atoms with van der Waals surface area (Å²) in [5, 5.41) is 0.809. The van der Waals surface area contributed by atoms with Crippen molar-refractivity contribution in [2.75, 3.05) is 24.7 Å². The summed E-state index contributed by atoms with van der Waals surface area (Å²) in [5.74, 6) is -0.811. The van der Waals surface area contributed by atoms with Gasteiger partial charge in [-0.1, -0.05) is 36.4 Å². The summed E-state index contributed by atoms with van der Waals surface area (Å²) in [6, 6.07) is 15.2. The number of esters is 1. The van der Waals surface area contributed by atoms with E-state index in [1.165, 1.54) is 0 Å². The largest absolute Gasteiger partial charge is 0.450 e. The predicted molar refractivity (Wildman–Crippen MR) is 109 cm³/mol. The number of rotatable bonds is 6. The number of fused-ring (bicyclic) bond motifs is 2. The molecule has 0 spiro atoms. The highest BCUT2D eigenvalue weighted by atomic mass is 16.5. The second-order valence-electron chi connectivity index (χ2n) is 6.90. The number of ether oxygens (including phenoxy) is 2. The molecular formula is C23H23NO5. The van der Waals surface area contributed by atoms with Crippen LogP contribution in [0.5, 0.6) is 0 Å². The molecule has 2 aromatic carbocycles. The summed E-state index contributed by atoms with van der Waals surface area (Å²) in [5.41, 5.74) is 3.25. The fourth-order valence-corrected chi connectivity index (χ4v) is 3.67. The third kappa shape index (κ3) is 3.89. The van der Waals surface area contributed by atoms with Crippen molar-refractivity contribution in [3.05, 3.63) is 65.4 Å². The van der Waals surface area contributed by atoms with Gasteiger partial charge in [-0.25, -0.2) is 4.79 Å². The number of anilines is 1. The van der Waals surface area contributed by atoms with Gasteiger partial charge in [0.2, 0.25) is 5.76 Å². The van der Waals surface area contributed by atoms with E-state index >= 15 is 0 Å². The van der Waals surface area contributed by atoms with E-state index in [1.54, 1.807) is 11.0 Å². The molecule has 6 heteroatoms. The molecule has 1 aliphatic heterocycles. The maximum absolute atomic E-state index is 12.7. The average Bonchev–Trinajstić information content (AvgIpc) is 3.14. The van der Waals surface area contributed by atoms with Crippen molar-refractivity contribution < 1.29 is 23.5 Å². The van der Waals surface area contributed by atoms with Crippen LogP contribution in [-0.2, 0) is 27.3 Å². The zero-order valence-electron chi connectivity index (χ0n) is 16.3. The molecule has 2 heterocycles. The highest BCUT2D eigenvalue weighted by Gasteiger charge is 2.26. The van der Waals surface area contributed by atoms with Crippen LogP contribution in [0.1, 0.15) is 35.0 Å². The average molecular weight is 393 g/mol. The Morgan fingerprint density at radius 3 is 2.76 bits per heavy atom. The Morgan fingerprint density at radius 2 is 1.90 bits per heavy atom. The summed E-state index contributed by atoms with van der Waals surface area (Å²) in [4.78, 5) is 27.1. The molecule has 0 atom stereocenters. The van der Waals surface area contributed by atoms with E-state index in [9.17, 15) is 9.59 Å². The van der Waals surface area contributed by atoms with E-state index in [-0.39, 0.29) is 24.9 Å². The number of benzene rings is 2. The molecule has 29 heavy (non-hydrogen) atoms. The first-order valence-electron chi connectivity index (χ1n) is 9.82. The van der Waals surface area contributed by atoms with Crippen molar-refractivity contribution >= 4 is 28.5 Å². The van der Waals surface area contributed by atoms with Crippen molar-refractivity contribution in [1.82, 2.24) is 0 Å². The molecule has 6 nitrogen and oxygen atoms in total. The van der Waals surface area contributed by atoms with Gasteiger partial charge in [0.05, 0.1) is 6.61 Å². The van der Waals surface area contributed by atoms with Crippen LogP contribution in [0.4, 0.5) is 5.69 Å². The summed E-state index contributed by atoms with van der Waals surface area (Å²) >= 11 is 0. The molecule has 0 N–H and O–H groups in total. The second kappa shape index (κ2) is 8.49. The Balaban J connectivity index is 1.50. The lowest BCUT2D eigenvalue weighted by atomic mass is 10.0. The van der Waals surface area contributed by atoms with Gasteiger partial charge in [-0.3, -0.25) is 4.79 Å². The molecule has 3 aromatic rings. The number of para-hydroxylation sites is 2. The molecule has 0 saturated heterocycles. The Labute approximate surface area is 169 Å². The smallest absolute Gasteiger partial charge is 0.375 e. The fraction of sp³-hybridized carbons (Fsp3) is 0.304. The molecule has 0 aliphatic carbocycles. The van der Waals surface area contributed by atoms with Crippen LogP contribution in [0.2, 0.25) is 0 Å². The van der Waals surface area contributed by atoms with Crippen LogP contribution < -0.4 is 4.90 Å². The van der Waals surface area contributed by atoms with Crippen molar-refractivity contribution in [2.24, 2.45) is 0 Å². The Hall–Kier alpha value is -3.12. The topological polar surface area (TPSA) is 69.0 Å². The first kappa shape index (κ1) is 19.2. The number of nitrogens with zero attached hydrogens (tertiary/aromatic N) is 1. The maximum atomic E-state index is 12.7. The van der Waals surface area contributed by atoms with Crippen LogP contribution in [0.3, 0.4) is 0 Å². The van der Waals surface area contributed by atoms with Crippen LogP contribution in [0.15, 0.2) is 52.9 Å². The first-order chi connectivity index (χ1) is 14.2. The lowest BCUT2D eigenvalue weighted by Gasteiger charge is -2.29. The van der Waals surface area contributed by atoms with Gasteiger partial charge < -0.3 is 18.8 Å². The number of hydrogen-bond donors (Lipinski definition) is 0. The molecule has 0 radical (unpaired) electrons. The molecule has 0 bridgehead atoms. The van der Waals surface area contributed by atoms with E-state index in [4.69, 9.17) is 13.9 Å².